The van der Waals surface area contributed by atoms with Gasteiger partial charge in [0, 0.05) is 79.3 Å². The minimum Gasteiger partial charge on any atom is -0.337 e. The largest absolute Gasteiger partial charge is 0.337 e. The van der Waals surface area contributed by atoms with Crippen molar-refractivity contribution in [2.24, 2.45) is 0 Å². The number of anilines is 11. The fourth-order valence-corrected chi connectivity index (χ4v) is 15.7. The standard InChI is InChI=1S/C87H80N6/c1-52-28-53(2)36-69(35-52)88(70-37-54(3)29-55(4)38-70)51-66-20-22-78-76(49-66)84-80(90(67-18-16-15-17-19-67)73-43-60(9)32-61(10)44-73)24-26-82-86(84)92(78)83-27-25-81(91(74-45-62(11)33-63(12)46-74)75-47-64(13)34-65(14)48-75)85-77-50-68(21-23-79(77)93(82)87(83)85)89(71-39-56(5)30-57(6)40-71)72-41-58(7)31-59(8)42-72/h15-50H,51H2,1-14H3. The number of fused-ring (bicyclic) bond motifs is 8. The number of hydrogen-bond donors (Lipinski definition) is 0. The second kappa shape index (κ2) is 22.7. The average Bonchev–Trinajstić information content (AvgIpc) is 1.52. The van der Waals surface area contributed by atoms with E-state index in [9.17, 15) is 0 Å². The van der Waals surface area contributed by atoms with Gasteiger partial charge >= 0.3 is 0 Å². The molecule has 0 saturated carbocycles. The van der Waals surface area contributed by atoms with Gasteiger partial charge in [0.1, 0.15) is 0 Å². The van der Waals surface area contributed by atoms with Crippen LogP contribution in [-0.2, 0) is 6.54 Å². The minimum atomic E-state index is 0.669. The zero-order chi connectivity index (χ0) is 64.4. The smallest absolute Gasteiger partial charge is 0.0804 e. The monoisotopic (exact) mass is 1210 g/mol. The Morgan fingerprint density at radius 2 is 0.538 bits per heavy atom. The first-order valence-corrected chi connectivity index (χ1v) is 32.8. The maximum Gasteiger partial charge on any atom is 0.0804 e. The van der Waals surface area contributed by atoms with E-state index < -0.39 is 0 Å². The molecule has 0 amide bonds. The third kappa shape index (κ3) is 10.5. The second-order valence-electron chi connectivity index (χ2n) is 27.2. The van der Waals surface area contributed by atoms with E-state index in [0.717, 1.165) is 78.8 Å². The lowest BCUT2D eigenvalue weighted by atomic mass is 10.0. The third-order valence-corrected chi connectivity index (χ3v) is 18.7. The van der Waals surface area contributed by atoms with Gasteiger partial charge in [-0.2, -0.15) is 0 Å². The first-order chi connectivity index (χ1) is 44.8. The van der Waals surface area contributed by atoms with Gasteiger partial charge in [-0.05, 0) is 332 Å². The second-order valence-corrected chi connectivity index (χ2v) is 27.2. The fourth-order valence-electron chi connectivity index (χ4n) is 15.7. The number of nitrogens with zero attached hydrogens (tertiary/aromatic N) is 6. The van der Waals surface area contributed by atoms with Crippen molar-refractivity contribution in [1.82, 2.24) is 8.80 Å². The Bertz CT molecular complexity index is 5210. The van der Waals surface area contributed by atoms with Crippen LogP contribution in [0.2, 0.25) is 0 Å². The summed E-state index contributed by atoms with van der Waals surface area (Å²) in [4.78, 5) is 10.0. The normalized spacial score (nSPS) is 11.8. The van der Waals surface area contributed by atoms with Crippen LogP contribution in [-0.4, -0.2) is 8.80 Å². The molecule has 0 aliphatic rings. The summed E-state index contributed by atoms with van der Waals surface area (Å²) in [5.74, 6) is 0. The number of benzene rings is 12. The van der Waals surface area contributed by atoms with Gasteiger partial charge in [-0.25, -0.2) is 0 Å². The third-order valence-electron chi connectivity index (χ3n) is 18.7. The van der Waals surface area contributed by atoms with Gasteiger partial charge < -0.3 is 28.4 Å². The van der Waals surface area contributed by atoms with Gasteiger partial charge in [0.25, 0.3) is 0 Å². The van der Waals surface area contributed by atoms with Gasteiger partial charge in [0.05, 0.1) is 44.5 Å². The number of aromatic nitrogens is 2. The lowest BCUT2D eigenvalue weighted by Crippen LogP contribution is -2.17. The number of rotatable bonds is 13. The molecule has 458 valence electrons. The minimum absolute atomic E-state index is 0.669. The van der Waals surface area contributed by atoms with Crippen LogP contribution in [0.3, 0.4) is 0 Å². The van der Waals surface area contributed by atoms with Crippen LogP contribution < -0.4 is 19.6 Å². The molecule has 0 N–H and O–H groups in total. The van der Waals surface area contributed by atoms with Crippen molar-refractivity contribution in [1.29, 1.82) is 0 Å². The molecule has 0 saturated heterocycles. The van der Waals surface area contributed by atoms with Gasteiger partial charge in [-0.1, -0.05) is 66.7 Å². The Morgan fingerprint density at radius 3 is 0.903 bits per heavy atom. The van der Waals surface area contributed by atoms with Crippen molar-refractivity contribution in [2.75, 3.05) is 19.6 Å². The number of hydrogen-bond acceptors (Lipinski definition) is 4. The molecule has 0 fully saturated rings. The van der Waals surface area contributed by atoms with Crippen molar-refractivity contribution in [2.45, 2.75) is 103 Å². The van der Waals surface area contributed by atoms with Crippen LogP contribution in [0, 0.1) is 96.9 Å². The number of aryl methyl sites for hydroxylation is 14. The van der Waals surface area contributed by atoms with Crippen molar-refractivity contribution in [3.8, 4) is 0 Å². The van der Waals surface area contributed by atoms with E-state index in [2.05, 4.69) is 344 Å². The summed E-state index contributed by atoms with van der Waals surface area (Å²) in [6.07, 6.45) is 0. The molecule has 0 spiro atoms. The summed E-state index contributed by atoms with van der Waals surface area (Å²) < 4.78 is 5.23. The highest BCUT2D eigenvalue weighted by atomic mass is 15.2. The van der Waals surface area contributed by atoms with Crippen LogP contribution in [0.25, 0.3) is 54.6 Å². The topological polar surface area (TPSA) is 21.8 Å². The highest BCUT2D eigenvalue weighted by Gasteiger charge is 2.30. The van der Waals surface area contributed by atoms with Gasteiger partial charge in [0.15, 0.2) is 0 Å². The molecule has 0 unspecified atom stereocenters. The lowest BCUT2D eigenvalue weighted by molar-refractivity contribution is 0.971. The first kappa shape index (κ1) is 58.8. The molecule has 6 nitrogen and oxygen atoms in total. The van der Waals surface area contributed by atoms with Crippen LogP contribution in [0.5, 0.6) is 0 Å². The Morgan fingerprint density at radius 1 is 0.237 bits per heavy atom. The van der Waals surface area contributed by atoms with Crippen molar-refractivity contribution in [3.05, 3.63) is 302 Å². The Balaban J connectivity index is 1.10. The van der Waals surface area contributed by atoms with Gasteiger partial charge in [0.2, 0.25) is 0 Å². The summed E-state index contributed by atoms with van der Waals surface area (Å²) in [6.45, 7) is 31.7. The van der Waals surface area contributed by atoms with E-state index >= 15 is 0 Å². The first-order valence-electron chi connectivity index (χ1n) is 32.8. The van der Waals surface area contributed by atoms with E-state index in [4.69, 9.17) is 0 Å². The summed E-state index contributed by atoms with van der Waals surface area (Å²) in [5, 5.41) is 4.75. The summed E-state index contributed by atoms with van der Waals surface area (Å²) in [5.41, 5.74) is 37.8. The molecular weight excluding hydrogens is 1130 g/mol. The molecule has 0 radical (unpaired) electrons. The zero-order valence-corrected chi connectivity index (χ0v) is 56.2. The molecule has 0 aliphatic carbocycles. The maximum atomic E-state index is 2.62. The molecule has 0 aliphatic heterocycles. The van der Waals surface area contributed by atoms with E-state index in [1.807, 2.05) is 0 Å². The molecule has 0 bridgehead atoms. The van der Waals surface area contributed by atoms with Gasteiger partial charge in [-0.3, -0.25) is 0 Å². The molecular formula is C87H80N6. The Kier molecular flexibility index (Phi) is 14.3. The molecule has 6 heteroatoms. The molecule has 3 aromatic heterocycles. The Labute approximate surface area is 547 Å². The predicted molar refractivity (Wildman–Crippen MR) is 399 cm³/mol. The zero-order valence-electron chi connectivity index (χ0n) is 56.2. The van der Waals surface area contributed by atoms with Crippen molar-refractivity contribution < 1.29 is 0 Å². The van der Waals surface area contributed by atoms with Crippen LogP contribution in [0.1, 0.15) is 83.5 Å². The predicted octanol–water partition coefficient (Wildman–Crippen LogP) is 24.3. The summed E-state index contributed by atoms with van der Waals surface area (Å²) >= 11 is 0. The fraction of sp³-hybridized carbons (Fsp3) is 0.172. The van der Waals surface area contributed by atoms with E-state index in [1.54, 1.807) is 0 Å². The van der Waals surface area contributed by atoms with Crippen LogP contribution in [0.4, 0.5) is 62.6 Å². The average molecular weight is 1210 g/mol. The number of para-hydroxylation sites is 1. The highest BCUT2D eigenvalue weighted by Crippen LogP contribution is 2.52. The van der Waals surface area contributed by atoms with Crippen LogP contribution >= 0.6 is 0 Å². The SMILES string of the molecule is Cc1cc(C)cc(N(Cc2ccc3c(c2)c2c(N(c4ccccc4)c4cc(C)cc(C)c4)ccc4c2n3c2ccc(N(c3cc(C)cc(C)c3)c3cc(C)cc(C)c3)c3c5cc(N(c6cc(C)cc(C)c6)c6cc(C)cc(C)c6)ccc5n4c32)c2cc(C)cc(C)c2)c1. The highest BCUT2D eigenvalue weighted by molar-refractivity contribution is 6.27. The van der Waals surface area contributed by atoms with E-state index in [0.29, 0.717) is 6.54 Å². The quantitative estimate of drug-likeness (QED) is 0.107. The molecule has 3 heterocycles. The van der Waals surface area contributed by atoms with Gasteiger partial charge in [-0.15, -0.1) is 0 Å². The molecule has 12 aromatic carbocycles. The summed E-state index contributed by atoms with van der Waals surface area (Å²) in [7, 11) is 0. The van der Waals surface area contributed by atoms with E-state index in [-0.39, 0.29) is 0 Å². The van der Waals surface area contributed by atoms with Crippen LogP contribution in [0.15, 0.2) is 218 Å². The summed E-state index contributed by atoms with van der Waals surface area (Å²) in [6, 6.07) is 84.0. The lowest BCUT2D eigenvalue weighted by Gasteiger charge is -2.29. The Hall–Kier alpha value is -10.6. The molecule has 93 heavy (non-hydrogen) atoms. The molecule has 15 aromatic rings. The molecule has 15 rings (SSSR count). The van der Waals surface area contributed by atoms with Crippen molar-refractivity contribution >= 4 is 117 Å². The maximum absolute atomic E-state index is 2.62. The molecule has 0 atom stereocenters. The van der Waals surface area contributed by atoms with Crippen molar-refractivity contribution in [3.63, 3.8) is 0 Å². The van der Waals surface area contributed by atoms with E-state index in [1.165, 1.54) is 122 Å².